The number of aromatic nitrogens is 1. The van der Waals surface area contributed by atoms with Crippen LogP contribution in [0.2, 0.25) is 10.2 Å². The van der Waals surface area contributed by atoms with E-state index in [1.807, 2.05) is 27.8 Å². The van der Waals surface area contributed by atoms with Crippen molar-refractivity contribution in [1.82, 2.24) is 19.7 Å². The highest BCUT2D eigenvalue weighted by Gasteiger charge is 2.41. The molecule has 0 N–H and O–H groups in total. The quantitative estimate of drug-likeness (QED) is 0.588. The number of nitrogens with zero attached hydrogens (tertiary/aromatic N) is 4. The first-order chi connectivity index (χ1) is 15.5. The number of likely N-dealkylation sites (N-methyl/N-ethyl adjacent to an activating group) is 1. The summed E-state index contributed by atoms with van der Waals surface area (Å²) in [5.74, 6) is 0.00626. The maximum atomic E-state index is 13.6. The van der Waals surface area contributed by atoms with Gasteiger partial charge in [0, 0.05) is 25.7 Å². The highest BCUT2D eigenvalue weighted by molar-refractivity contribution is 6.42. The Labute approximate surface area is 203 Å². The lowest BCUT2D eigenvalue weighted by Crippen LogP contribution is -2.58. The maximum Gasteiger partial charge on any atom is 0.410 e. The molecule has 2 saturated heterocycles. The fraction of sp³-hybridized carbons (Fsp3) is 0.682. The molecule has 0 saturated carbocycles. The minimum absolute atomic E-state index is 0.0215. The van der Waals surface area contributed by atoms with Crippen molar-refractivity contribution in [2.45, 2.75) is 51.3 Å². The largest absolute Gasteiger partial charge is 0.489 e. The number of carbonyl (C=O) groups is 2. The zero-order valence-electron chi connectivity index (χ0n) is 19.4. The van der Waals surface area contributed by atoms with Crippen molar-refractivity contribution >= 4 is 35.2 Å². The van der Waals surface area contributed by atoms with Crippen molar-refractivity contribution in [2.24, 2.45) is 0 Å². The van der Waals surface area contributed by atoms with Gasteiger partial charge in [0.25, 0.3) is 5.91 Å². The molecule has 4 rings (SSSR count). The van der Waals surface area contributed by atoms with Crippen molar-refractivity contribution < 1.29 is 23.8 Å². The van der Waals surface area contributed by atoms with Crippen LogP contribution in [0.5, 0.6) is 11.6 Å². The van der Waals surface area contributed by atoms with E-state index >= 15 is 0 Å². The summed E-state index contributed by atoms with van der Waals surface area (Å²) in [5, 5.41) is 0.0995. The molecule has 0 aromatic carbocycles. The summed E-state index contributed by atoms with van der Waals surface area (Å²) < 4.78 is 17.5. The minimum Gasteiger partial charge on any atom is -0.489 e. The zero-order chi connectivity index (χ0) is 23.9. The molecule has 3 aliphatic heterocycles. The van der Waals surface area contributed by atoms with Gasteiger partial charge in [0.1, 0.15) is 29.4 Å². The molecule has 33 heavy (non-hydrogen) atoms. The summed E-state index contributed by atoms with van der Waals surface area (Å²) in [6, 6.07) is -0.126. The van der Waals surface area contributed by atoms with Gasteiger partial charge in [0.15, 0.2) is 10.9 Å². The Balaban J connectivity index is 1.56. The molecule has 9 nitrogen and oxygen atoms in total. The van der Waals surface area contributed by atoms with Crippen molar-refractivity contribution in [2.75, 3.05) is 46.4 Å². The molecule has 1 unspecified atom stereocenters. The summed E-state index contributed by atoms with van der Waals surface area (Å²) >= 11 is 12.6. The Morgan fingerprint density at radius 3 is 2.67 bits per heavy atom. The second-order valence-electron chi connectivity index (χ2n) is 9.70. The standard InChI is InChI=1S/C22H30Cl2N4O5/c1-22(2,3)33-21(30)27-8-9-28-14(10-27)12-31-17-15(20(28)29)19(25-18(24)16(17)23)32-11-13-6-5-7-26(13)4/h13-14H,5-12H2,1-4H3/t13-,14?/m1/s1. The Kier molecular flexibility index (Phi) is 6.85. The van der Waals surface area contributed by atoms with Crippen molar-refractivity contribution in [3.05, 3.63) is 15.7 Å². The van der Waals surface area contributed by atoms with Gasteiger partial charge in [-0.15, -0.1) is 0 Å². The van der Waals surface area contributed by atoms with E-state index in [4.69, 9.17) is 37.4 Å². The van der Waals surface area contributed by atoms with Crippen LogP contribution >= 0.6 is 23.2 Å². The van der Waals surface area contributed by atoms with Crippen molar-refractivity contribution in [1.29, 1.82) is 0 Å². The first-order valence-corrected chi connectivity index (χ1v) is 11.9. The van der Waals surface area contributed by atoms with Crippen LogP contribution in [0.3, 0.4) is 0 Å². The molecule has 2 fully saturated rings. The first-order valence-electron chi connectivity index (χ1n) is 11.2. The van der Waals surface area contributed by atoms with Gasteiger partial charge in [-0.05, 0) is 47.2 Å². The molecule has 1 aromatic rings. The fourth-order valence-corrected chi connectivity index (χ4v) is 4.72. The van der Waals surface area contributed by atoms with Gasteiger partial charge in [0.2, 0.25) is 5.88 Å². The van der Waals surface area contributed by atoms with Gasteiger partial charge >= 0.3 is 6.09 Å². The second kappa shape index (κ2) is 9.35. The van der Waals surface area contributed by atoms with Gasteiger partial charge in [0.05, 0.1) is 6.04 Å². The summed E-state index contributed by atoms with van der Waals surface area (Å²) in [5.41, 5.74) is -0.422. The van der Waals surface area contributed by atoms with E-state index in [9.17, 15) is 9.59 Å². The molecule has 0 radical (unpaired) electrons. The second-order valence-corrected chi connectivity index (χ2v) is 10.4. The average molecular weight is 501 g/mol. The Morgan fingerprint density at radius 2 is 2.00 bits per heavy atom. The summed E-state index contributed by atoms with van der Waals surface area (Å²) in [6.07, 6.45) is 1.70. The predicted molar refractivity (Wildman–Crippen MR) is 124 cm³/mol. The first kappa shape index (κ1) is 24.2. The fourth-order valence-electron chi connectivity index (χ4n) is 4.37. The summed E-state index contributed by atoms with van der Waals surface area (Å²) in [6.45, 7) is 7.98. The maximum absolute atomic E-state index is 13.6. The third-order valence-corrected chi connectivity index (χ3v) is 6.86. The van der Waals surface area contributed by atoms with Crippen LogP contribution in [0.1, 0.15) is 44.0 Å². The molecule has 0 spiro atoms. The van der Waals surface area contributed by atoms with E-state index in [1.165, 1.54) is 0 Å². The molecule has 0 bridgehead atoms. The van der Waals surface area contributed by atoms with E-state index in [2.05, 4.69) is 9.88 Å². The van der Waals surface area contributed by atoms with Gasteiger partial charge in [-0.3, -0.25) is 4.79 Å². The molecule has 3 aliphatic rings. The van der Waals surface area contributed by atoms with Crippen LogP contribution in [-0.4, -0.2) is 95.8 Å². The lowest BCUT2D eigenvalue weighted by Gasteiger charge is -2.40. The van der Waals surface area contributed by atoms with E-state index in [0.717, 1.165) is 19.4 Å². The number of pyridine rings is 1. The monoisotopic (exact) mass is 500 g/mol. The lowest BCUT2D eigenvalue weighted by molar-refractivity contribution is 0.000897. The van der Waals surface area contributed by atoms with Crippen LogP contribution < -0.4 is 9.47 Å². The number of rotatable bonds is 3. The Bertz CT molecular complexity index is 938. The van der Waals surface area contributed by atoms with Gasteiger partial charge < -0.3 is 28.9 Å². The van der Waals surface area contributed by atoms with E-state index in [1.54, 1.807) is 9.80 Å². The van der Waals surface area contributed by atoms with E-state index in [-0.39, 0.29) is 58.5 Å². The normalized spacial score (nSPS) is 23.5. The molecule has 2 amide bonds. The number of fused-ring (bicyclic) bond motifs is 2. The van der Waals surface area contributed by atoms with Gasteiger partial charge in [-0.25, -0.2) is 4.79 Å². The highest BCUT2D eigenvalue weighted by Crippen LogP contribution is 2.41. The third kappa shape index (κ3) is 5.10. The molecule has 182 valence electrons. The summed E-state index contributed by atoms with van der Waals surface area (Å²) in [7, 11) is 2.05. The van der Waals surface area contributed by atoms with Gasteiger partial charge in [-0.2, -0.15) is 4.98 Å². The van der Waals surface area contributed by atoms with Crippen molar-refractivity contribution in [3.63, 3.8) is 0 Å². The number of halogens is 2. The molecule has 11 heteroatoms. The SMILES string of the molecule is CN1CCC[C@@H]1COc1nc(Cl)c(Cl)c2c1C(=O)N1CCN(C(=O)OC(C)(C)C)CC1CO2. The number of hydrogen-bond acceptors (Lipinski definition) is 7. The zero-order valence-corrected chi connectivity index (χ0v) is 20.9. The topological polar surface area (TPSA) is 84.4 Å². The number of likely N-dealkylation sites (tertiary alicyclic amines) is 1. The number of carbonyl (C=O) groups excluding carboxylic acids is 2. The van der Waals surface area contributed by atoms with Crippen LogP contribution in [0.15, 0.2) is 0 Å². The van der Waals surface area contributed by atoms with Crippen LogP contribution in [0.25, 0.3) is 0 Å². The minimum atomic E-state index is -0.601. The molecule has 4 heterocycles. The van der Waals surface area contributed by atoms with E-state index in [0.29, 0.717) is 19.7 Å². The number of piperazine rings is 1. The van der Waals surface area contributed by atoms with Gasteiger partial charge in [-0.1, -0.05) is 23.2 Å². The molecule has 2 atom stereocenters. The number of ether oxygens (including phenoxy) is 3. The number of hydrogen-bond donors (Lipinski definition) is 0. The molecule has 1 aromatic heterocycles. The van der Waals surface area contributed by atoms with E-state index < -0.39 is 11.7 Å². The predicted octanol–water partition coefficient (Wildman–Crippen LogP) is 3.32. The van der Waals surface area contributed by atoms with Crippen LogP contribution in [0.4, 0.5) is 4.79 Å². The summed E-state index contributed by atoms with van der Waals surface area (Å²) in [4.78, 5) is 35.9. The number of amides is 2. The van der Waals surface area contributed by atoms with Crippen LogP contribution in [0, 0.1) is 0 Å². The van der Waals surface area contributed by atoms with Crippen LogP contribution in [-0.2, 0) is 4.74 Å². The molecular formula is C22H30Cl2N4O5. The van der Waals surface area contributed by atoms with Crippen molar-refractivity contribution in [3.8, 4) is 11.6 Å². The third-order valence-electron chi connectivity index (χ3n) is 6.13. The Hall–Kier alpha value is -1.97. The smallest absolute Gasteiger partial charge is 0.410 e. The average Bonchev–Trinajstić information content (AvgIpc) is 3.09. The highest BCUT2D eigenvalue weighted by atomic mass is 35.5. The molecule has 0 aliphatic carbocycles. The molecular weight excluding hydrogens is 471 g/mol. The Morgan fingerprint density at radius 1 is 1.24 bits per heavy atom. The lowest BCUT2D eigenvalue weighted by atomic mass is 10.1.